The Kier molecular flexibility index (Phi) is 9.81. The van der Waals surface area contributed by atoms with Crippen molar-refractivity contribution < 1.29 is 4.74 Å². The van der Waals surface area contributed by atoms with E-state index in [1.165, 1.54) is 0 Å². The Labute approximate surface area is 172 Å². The molecule has 1 aliphatic rings. The number of ether oxygens (including phenoxy) is 1. The molecule has 0 spiro atoms. The number of guanidine groups is 1. The minimum absolute atomic E-state index is 0. The van der Waals surface area contributed by atoms with Crippen LogP contribution >= 0.6 is 35.6 Å². The van der Waals surface area contributed by atoms with Gasteiger partial charge in [0.05, 0.1) is 11.6 Å². The van der Waals surface area contributed by atoms with Crippen molar-refractivity contribution in [1.29, 1.82) is 0 Å². The molecule has 1 aromatic heterocycles. The Bertz CT molecular complexity index is 540. The second kappa shape index (κ2) is 11.0. The first-order chi connectivity index (χ1) is 11.5. The zero-order chi connectivity index (χ0) is 17.5. The average Bonchev–Trinajstić information content (AvgIpc) is 2.93. The third-order valence-electron chi connectivity index (χ3n) is 4.26. The van der Waals surface area contributed by atoms with Crippen molar-refractivity contribution in [2.24, 2.45) is 10.9 Å². The predicted octanol–water partition coefficient (Wildman–Crippen LogP) is 2.63. The molecule has 1 fully saturated rings. The van der Waals surface area contributed by atoms with Gasteiger partial charge in [0.2, 0.25) is 5.88 Å². The maximum absolute atomic E-state index is 5.80. The van der Waals surface area contributed by atoms with E-state index in [4.69, 9.17) is 16.3 Å². The lowest BCUT2D eigenvalue weighted by Crippen LogP contribution is -2.47. The van der Waals surface area contributed by atoms with Gasteiger partial charge in [-0.25, -0.2) is 4.98 Å². The Morgan fingerprint density at radius 2 is 2.20 bits per heavy atom. The van der Waals surface area contributed by atoms with E-state index in [0.29, 0.717) is 42.1 Å². The fourth-order valence-corrected chi connectivity index (χ4v) is 2.87. The third kappa shape index (κ3) is 7.15. The van der Waals surface area contributed by atoms with Gasteiger partial charge in [0.15, 0.2) is 5.96 Å². The molecule has 142 valence electrons. The van der Waals surface area contributed by atoms with E-state index >= 15 is 0 Å². The fraction of sp³-hybridized carbons (Fsp3) is 0.647. The van der Waals surface area contributed by atoms with Gasteiger partial charge in [0, 0.05) is 44.5 Å². The van der Waals surface area contributed by atoms with Crippen molar-refractivity contribution in [1.82, 2.24) is 20.5 Å². The summed E-state index contributed by atoms with van der Waals surface area (Å²) in [4.78, 5) is 10.9. The summed E-state index contributed by atoms with van der Waals surface area (Å²) in [6, 6.07) is 4.52. The summed E-state index contributed by atoms with van der Waals surface area (Å²) in [6.45, 7) is 10.1. The zero-order valence-corrected chi connectivity index (χ0v) is 18.4. The SMILES string of the molecule is CN=C(NCCOc1ccc(Cl)cn1)NC1CN(C(C)C)CC1C.I. The number of pyridine rings is 1. The monoisotopic (exact) mass is 481 g/mol. The Hall–Kier alpha value is -0.800. The highest BCUT2D eigenvalue weighted by atomic mass is 127. The summed E-state index contributed by atoms with van der Waals surface area (Å²) in [5, 5.41) is 7.40. The molecule has 0 amide bonds. The van der Waals surface area contributed by atoms with Crippen LogP contribution in [0.15, 0.2) is 23.3 Å². The van der Waals surface area contributed by atoms with E-state index in [0.717, 1.165) is 19.0 Å². The molecule has 0 aromatic carbocycles. The third-order valence-corrected chi connectivity index (χ3v) is 4.48. The van der Waals surface area contributed by atoms with Crippen LogP contribution in [-0.4, -0.2) is 61.2 Å². The number of aliphatic imine (C=N–C) groups is 1. The first-order valence-corrected chi connectivity index (χ1v) is 8.83. The van der Waals surface area contributed by atoms with Crippen LogP contribution in [0.4, 0.5) is 0 Å². The lowest BCUT2D eigenvalue weighted by Gasteiger charge is -2.21. The van der Waals surface area contributed by atoms with Crippen LogP contribution in [0, 0.1) is 5.92 Å². The van der Waals surface area contributed by atoms with E-state index in [9.17, 15) is 0 Å². The van der Waals surface area contributed by atoms with Crippen molar-refractivity contribution in [2.45, 2.75) is 32.9 Å². The maximum Gasteiger partial charge on any atom is 0.213 e. The molecule has 0 bridgehead atoms. The van der Waals surface area contributed by atoms with Gasteiger partial charge in [-0.2, -0.15) is 0 Å². The number of nitrogens with zero attached hydrogens (tertiary/aromatic N) is 3. The number of hydrogen-bond acceptors (Lipinski definition) is 4. The van der Waals surface area contributed by atoms with Gasteiger partial charge in [-0.05, 0) is 25.8 Å². The molecular formula is C17H29ClIN5O. The molecular weight excluding hydrogens is 453 g/mol. The normalized spacial score (nSPS) is 21.1. The predicted molar refractivity (Wildman–Crippen MR) is 114 cm³/mol. The van der Waals surface area contributed by atoms with Crippen molar-refractivity contribution in [2.75, 3.05) is 33.3 Å². The number of hydrogen-bond donors (Lipinski definition) is 2. The van der Waals surface area contributed by atoms with Crippen LogP contribution in [0.3, 0.4) is 0 Å². The summed E-state index contributed by atoms with van der Waals surface area (Å²) in [5.41, 5.74) is 0. The number of aromatic nitrogens is 1. The second-order valence-corrected chi connectivity index (χ2v) is 6.87. The van der Waals surface area contributed by atoms with Gasteiger partial charge >= 0.3 is 0 Å². The average molecular weight is 482 g/mol. The second-order valence-electron chi connectivity index (χ2n) is 6.44. The molecule has 1 aliphatic heterocycles. The highest BCUT2D eigenvalue weighted by Crippen LogP contribution is 2.18. The standard InChI is InChI=1S/C17H28ClN5O.HI/c1-12(2)23-10-13(3)15(11-23)22-17(19-4)20-7-8-24-16-6-5-14(18)9-21-16;/h5-6,9,12-13,15H,7-8,10-11H2,1-4H3,(H2,19,20,22);1H. The first-order valence-electron chi connectivity index (χ1n) is 8.45. The molecule has 6 nitrogen and oxygen atoms in total. The summed E-state index contributed by atoms with van der Waals surface area (Å²) in [5.74, 6) is 1.98. The molecule has 8 heteroatoms. The Morgan fingerprint density at radius 1 is 1.44 bits per heavy atom. The van der Waals surface area contributed by atoms with Gasteiger partial charge in [0.1, 0.15) is 6.61 Å². The topological polar surface area (TPSA) is 61.8 Å². The van der Waals surface area contributed by atoms with Gasteiger partial charge in [-0.15, -0.1) is 24.0 Å². The number of nitrogens with one attached hydrogen (secondary N) is 2. The van der Waals surface area contributed by atoms with Crippen LogP contribution < -0.4 is 15.4 Å². The van der Waals surface area contributed by atoms with E-state index in [1.807, 2.05) is 0 Å². The molecule has 2 N–H and O–H groups in total. The Morgan fingerprint density at radius 3 is 2.76 bits per heavy atom. The van der Waals surface area contributed by atoms with Gasteiger partial charge < -0.3 is 15.4 Å². The number of rotatable bonds is 6. The van der Waals surface area contributed by atoms with Crippen molar-refractivity contribution >= 4 is 41.5 Å². The molecule has 2 rings (SSSR count). The molecule has 25 heavy (non-hydrogen) atoms. The highest BCUT2D eigenvalue weighted by molar-refractivity contribution is 14.0. The van der Waals surface area contributed by atoms with Crippen molar-refractivity contribution in [3.05, 3.63) is 23.4 Å². The molecule has 0 aliphatic carbocycles. The smallest absolute Gasteiger partial charge is 0.213 e. The van der Waals surface area contributed by atoms with Gasteiger partial charge in [-0.1, -0.05) is 18.5 Å². The lowest BCUT2D eigenvalue weighted by molar-refractivity contribution is 0.265. The minimum atomic E-state index is 0. The van der Waals surface area contributed by atoms with Crippen LogP contribution in [0.25, 0.3) is 0 Å². The molecule has 0 saturated carbocycles. The van der Waals surface area contributed by atoms with E-state index in [1.54, 1.807) is 25.4 Å². The zero-order valence-electron chi connectivity index (χ0n) is 15.3. The minimum Gasteiger partial charge on any atom is -0.476 e. The fourth-order valence-electron chi connectivity index (χ4n) is 2.76. The molecule has 1 aromatic rings. The molecule has 2 heterocycles. The maximum atomic E-state index is 5.80. The van der Waals surface area contributed by atoms with Crippen molar-refractivity contribution in [3.63, 3.8) is 0 Å². The van der Waals surface area contributed by atoms with E-state index in [2.05, 4.69) is 46.3 Å². The molecule has 2 unspecified atom stereocenters. The van der Waals surface area contributed by atoms with Crippen LogP contribution in [0.5, 0.6) is 5.88 Å². The number of halogens is 2. The molecule has 0 radical (unpaired) electrons. The van der Waals surface area contributed by atoms with E-state index < -0.39 is 0 Å². The summed E-state index contributed by atoms with van der Waals surface area (Å²) >= 11 is 5.80. The summed E-state index contributed by atoms with van der Waals surface area (Å²) < 4.78 is 5.57. The lowest BCUT2D eigenvalue weighted by atomic mass is 10.1. The molecule has 1 saturated heterocycles. The van der Waals surface area contributed by atoms with Crippen LogP contribution in [-0.2, 0) is 0 Å². The number of likely N-dealkylation sites (tertiary alicyclic amines) is 1. The van der Waals surface area contributed by atoms with E-state index in [-0.39, 0.29) is 24.0 Å². The van der Waals surface area contributed by atoms with Crippen LogP contribution in [0.1, 0.15) is 20.8 Å². The van der Waals surface area contributed by atoms with Gasteiger partial charge in [0.25, 0.3) is 0 Å². The largest absolute Gasteiger partial charge is 0.476 e. The summed E-state index contributed by atoms with van der Waals surface area (Å²) in [6.07, 6.45) is 1.58. The first kappa shape index (κ1) is 22.2. The Balaban J connectivity index is 0.00000312. The molecule has 2 atom stereocenters. The summed E-state index contributed by atoms with van der Waals surface area (Å²) in [7, 11) is 1.79. The quantitative estimate of drug-likeness (QED) is 0.283. The van der Waals surface area contributed by atoms with Crippen LogP contribution in [0.2, 0.25) is 5.02 Å². The van der Waals surface area contributed by atoms with Crippen molar-refractivity contribution in [3.8, 4) is 5.88 Å². The van der Waals surface area contributed by atoms with Gasteiger partial charge in [-0.3, -0.25) is 9.89 Å². The highest BCUT2D eigenvalue weighted by Gasteiger charge is 2.31.